The van der Waals surface area contributed by atoms with Gasteiger partial charge in [0, 0.05) is 19.3 Å². The van der Waals surface area contributed by atoms with E-state index in [1.54, 1.807) is 7.11 Å². The number of para-hydroxylation sites is 1. The van der Waals surface area contributed by atoms with Crippen LogP contribution in [0.2, 0.25) is 0 Å². The van der Waals surface area contributed by atoms with Crippen LogP contribution in [0.5, 0.6) is 5.75 Å². The number of hydrogen-bond donors (Lipinski definition) is 1. The van der Waals surface area contributed by atoms with Gasteiger partial charge in [0.25, 0.3) is 0 Å². The van der Waals surface area contributed by atoms with Crippen molar-refractivity contribution in [2.24, 2.45) is 0 Å². The lowest BCUT2D eigenvalue weighted by Gasteiger charge is -2.31. The number of amides is 1. The molecule has 5 nitrogen and oxygen atoms in total. The monoisotopic (exact) mass is 355 g/mol. The van der Waals surface area contributed by atoms with Gasteiger partial charge >= 0.3 is 0 Å². The first-order chi connectivity index (χ1) is 12.8. The summed E-state index contributed by atoms with van der Waals surface area (Å²) in [5, 5.41) is 3.07. The number of carbonyl (C=O) groups is 1. The first-order valence-electron chi connectivity index (χ1n) is 8.91. The van der Waals surface area contributed by atoms with Gasteiger partial charge in [0.1, 0.15) is 18.5 Å². The van der Waals surface area contributed by atoms with Gasteiger partial charge in [-0.25, -0.2) is 0 Å². The second-order valence-corrected chi connectivity index (χ2v) is 6.37. The average molecular weight is 355 g/mol. The Morgan fingerprint density at radius 2 is 1.92 bits per heavy atom. The van der Waals surface area contributed by atoms with E-state index in [0.717, 1.165) is 23.3 Å². The predicted molar refractivity (Wildman–Crippen MR) is 99.1 cm³/mol. The van der Waals surface area contributed by atoms with Gasteiger partial charge in [0.05, 0.1) is 19.1 Å². The summed E-state index contributed by atoms with van der Waals surface area (Å²) in [5.74, 6) is 0.705. The third-order valence-corrected chi connectivity index (χ3v) is 4.51. The minimum atomic E-state index is -0.0997. The summed E-state index contributed by atoms with van der Waals surface area (Å²) in [6.07, 6.45) is 0.937. The van der Waals surface area contributed by atoms with Gasteiger partial charge in [0.2, 0.25) is 5.91 Å². The molecule has 1 saturated heterocycles. The van der Waals surface area contributed by atoms with Gasteiger partial charge in [-0.2, -0.15) is 0 Å². The van der Waals surface area contributed by atoms with Gasteiger partial charge < -0.3 is 19.5 Å². The summed E-state index contributed by atoms with van der Waals surface area (Å²) >= 11 is 0. The molecule has 0 radical (unpaired) electrons. The Labute approximate surface area is 154 Å². The van der Waals surface area contributed by atoms with E-state index in [1.807, 2.05) is 54.6 Å². The molecule has 0 aliphatic carbocycles. The van der Waals surface area contributed by atoms with Crippen LogP contribution in [-0.4, -0.2) is 38.4 Å². The number of methoxy groups -OCH3 is 1. The van der Waals surface area contributed by atoms with Crippen LogP contribution in [0.3, 0.4) is 0 Å². The molecule has 5 heteroatoms. The average Bonchev–Trinajstić information content (AvgIpc) is 2.68. The Kier molecular flexibility index (Phi) is 6.63. The molecule has 0 saturated carbocycles. The van der Waals surface area contributed by atoms with Crippen LogP contribution in [0.25, 0.3) is 0 Å². The largest absolute Gasteiger partial charge is 0.489 e. The van der Waals surface area contributed by atoms with E-state index in [1.165, 1.54) is 0 Å². The first-order valence-corrected chi connectivity index (χ1v) is 8.91. The van der Waals surface area contributed by atoms with Crippen LogP contribution < -0.4 is 10.1 Å². The molecule has 1 aliphatic heterocycles. The highest BCUT2D eigenvalue weighted by molar-refractivity contribution is 5.79. The fraction of sp³-hybridized carbons (Fsp3) is 0.381. The van der Waals surface area contributed by atoms with Crippen LogP contribution >= 0.6 is 0 Å². The molecular formula is C21H25NO4. The van der Waals surface area contributed by atoms with Crippen molar-refractivity contribution in [1.29, 1.82) is 0 Å². The number of nitrogens with one attached hydrogen (secondary N) is 1. The van der Waals surface area contributed by atoms with Crippen LogP contribution in [0.15, 0.2) is 54.6 Å². The van der Waals surface area contributed by atoms with E-state index in [0.29, 0.717) is 19.8 Å². The number of hydrogen-bond acceptors (Lipinski definition) is 4. The highest BCUT2D eigenvalue weighted by atomic mass is 16.5. The smallest absolute Gasteiger partial charge is 0.224 e. The van der Waals surface area contributed by atoms with E-state index in [2.05, 4.69) is 5.32 Å². The molecule has 26 heavy (non-hydrogen) atoms. The van der Waals surface area contributed by atoms with Gasteiger partial charge in [-0.05, 0) is 18.1 Å². The van der Waals surface area contributed by atoms with Crippen LogP contribution in [0.4, 0.5) is 0 Å². The maximum atomic E-state index is 12.5. The molecule has 1 fully saturated rings. The highest BCUT2D eigenvalue weighted by Gasteiger charge is 2.27. The van der Waals surface area contributed by atoms with E-state index in [-0.39, 0.29) is 24.5 Å². The Morgan fingerprint density at radius 1 is 1.15 bits per heavy atom. The summed E-state index contributed by atoms with van der Waals surface area (Å²) < 4.78 is 16.7. The minimum Gasteiger partial charge on any atom is -0.489 e. The van der Waals surface area contributed by atoms with E-state index < -0.39 is 0 Å². The van der Waals surface area contributed by atoms with Crippen molar-refractivity contribution in [2.75, 3.05) is 20.3 Å². The number of benzene rings is 2. The van der Waals surface area contributed by atoms with Gasteiger partial charge in [0.15, 0.2) is 0 Å². The van der Waals surface area contributed by atoms with E-state index >= 15 is 0 Å². The summed E-state index contributed by atoms with van der Waals surface area (Å²) in [6.45, 7) is 1.63. The number of rotatable bonds is 7. The van der Waals surface area contributed by atoms with Crippen LogP contribution in [0.1, 0.15) is 17.5 Å². The topological polar surface area (TPSA) is 56.8 Å². The van der Waals surface area contributed by atoms with Crippen LogP contribution in [0, 0.1) is 0 Å². The standard InChI is InChI=1S/C21H25NO4/c1-24-20-15-25-12-11-18(20)22-21(23)13-17-9-5-6-10-19(17)26-14-16-7-3-2-4-8-16/h2-10,18,20H,11-15H2,1H3,(H,22,23)/t18-,20-/m1/s1. The first kappa shape index (κ1) is 18.4. The molecule has 1 aliphatic rings. The zero-order valence-electron chi connectivity index (χ0n) is 15.0. The van der Waals surface area contributed by atoms with Crippen molar-refractivity contribution >= 4 is 5.91 Å². The van der Waals surface area contributed by atoms with Crippen molar-refractivity contribution in [2.45, 2.75) is 31.6 Å². The van der Waals surface area contributed by atoms with Crippen LogP contribution in [-0.2, 0) is 27.3 Å². The molecule has 1 N–H and O–H groups in total. The minimum absolute atomic E-state index is 0.0151. The quantitative estimate of drug-likeness (QED) is 0.830. The molecular weight excluding hydrogens is 330 g/mol. The van der Waals surface area contributed by atoms with E-state index in [9.17, 15) is 4.79 Å². The number of ether oxygens (including phenoxy) is 3. The van der Waals surface area contributed by atoms with Gasteiger partial charge in [-0.3, -0.25) is 4.79 Å². The van der Waals surface area contributed by atoms with Crippen molar-refractivity contribution < 1.29 is 19.0 Å². The summed E-state index contributed by atoms with van der Waals surface area (Å²) in [6, 6.07) is 17.6. The Balaban J connectivity index is 1.59. The summed E-state index contributed by atoms with van der Waals surface area (Å²) in [7, 11) is 1.64. The normalized spacial score (nSPS) is 19.7. The van der Waals surface area contributed by atoms with Crippen molar-refractivity contribution in [1.82, 2.24) is 5.32 Å². The fourth-order valence-electron chi connectivity index (χ4n) is 3.07. The zero-order chi connectivity index (χ0) is 18.2. The summed E-state index contributed by atoms with van der Waals surface area (Å²) in [4.78, 5) is 12.5. The maximum Gasteiger partial charge on any atom is 0.224 e. The molecule has 2 aromatic rings. The van der Waals surface area contributed by atoms with E-state index in [4.69, 9.17) is 14.2 Å². The molecule has 1 amide bonds. The lowest BCUT2D eigenvalue weighted by atomic mass is 10.0. The fourth-order valence-corrected chi connectivity index (χ4v) is 3.07. The Bertz CT molecular complexity index is 704. The molecule has 2 atom stereocenters. The lowest BCUT2D eigenvalue weighted by Crippen LogP contribution is -2.50. The molecule has 138 valence electrons. The molecule has 0 unspecified atom stereocenters. The molecule has 1 heterocycles. The van der Waals surface area contributed by atoms with Gasteiger partial charge in [-0.1, -0.05) is 48.5 Å². The highest BCUT2D eigenvalue weighted by Crippen LogP contribution is 2.20. The number of carbonyl (C=O) groups excluding carboxylic acids is 1. The second kappa shape index (κ2) is 9.36. The Morgan fingerprint density at radius 3 is 2.73 bits per heavy atom. The molecule has 2 aromatic carbocycles. The third kappa shape index (κ3) is 5.07. The molecule has 3 rings (SSSR count). The zero-order valence-corrected chi connectivity index (χ0v) is 15.0. The molecule has 0 spiro atoms. The van der Waals surface area contributed by atoms with Crippen molar-refractivity contribution in [3.8, 4) is 5.75 Å². The Hall–Kier alpha value is -2.37. The second-order valence-electron chi connectivity index (χ2n) is 6.37. The molecule has 0 bridgehead atoms. The molecule has 0 aromatic heterocycles. The van der Waals surface area contributed by atoms with Gasteiger partial charge in [-0.15, -0.1) is 0 Å². The SMILES string of the molecule is CO[C@@H]1COCC[C@H]1NC(=O)Cc1ccccc1OCc1ccccc1. The van der Waals surface area contributed by atoms with Crippen molar-refractivity contribution in [3.05, 3.63) is 65.7 Å². The lowest BCUT2D eigenvalue weighted by molar-refractivity contribution is -0.124. The predicted octanol–water partition coefficient (Wildman–Crippen LogP) is 2.73. The summed E-state index contributed by atoms with van der Waals surface area (Å²) in [5.41, 5.74) is 1.97. The third-order valence-electron chi connectivity index (χ3n) is 4.51. The maximum absolute atomic E-state index is 12.5. The van der Waals surface area contributed by atoms with Crippen molar-refractivity contribution in [3.63, 3.8) is 0 Å².